The van der Waals surface area contributed by atoms with Crippen molar-refractivity contribution in [2.24, 2.45) is 5.92 Å². The smallest absolute Gasteiger partial charge is 0.419 e. The predicted octanol–water partition coefficient (Wildman–Crippen LogP) is 4.84. The third kappa shape index (κ3) is 7.35. The monoisotopic (exact) mass is 483 g/mol. The zero-order chi connectivity index (χ0) is 24.9. The number of hydrogen-bond acceptors (Lipinski definition) is 5. The Labute approximate surface area is 199 Å². The fourth-order valence-corrected chi connectivity index (χ4v) is 4.80. The number of benzene rings is 1. The van der Waals surface area contributed by atoms with Crippen molar-refractivity contribution < 1.29 is 27.5 Å². The molecule has 1 amide bonds. The van der Waals surface area contributed by atoms with Gasteiger partial charge < -0.3 is 20.3 Å². The van der Waals surface area contributed by atoms with E-state index in [1.807, 2.05) is 0 Å². The second-order valence-corrected chi connectivity index (χ2v) is 10.3. The number of amides is 1. The van der Waals surface area contributed by atoms with Crippen LogP contribution in [0.1, 0.15) is 75.2 Å². The molecule has 1 aromatic rings. The highest BCUT2D eigenvalue weighted by Gasteiger charge is 2.39. The summed E-state index contributed by atoms with van der Waals surface area (Å²) in [5.41, 5.74) is -2.97. The van der Waals surface area contributed by atoms with Crippen LogP contribution in [0.3, 0.4) is 0 Å². The maximum Gasteiger partial charge on any atom is 0.419 e. The Kier molecular flexibility index (Phi) is 8.49. The SMILES string of the molecule is CC(C)(C)OC(=O)c1cccc(NCC(=O)NCC2CCN(C3CCCC3)CC2)c1C(F)(F)F. The summed E-state index contributed by atoms with van der Waals surface area (Å²) in [6.07, 6.45) is 2.42. The zero-order valence-electron chi connectivity index (χ0n) is 20.3. The summed E-state index contributed by atoms with van der Waals surface area (Å²) >= 11 is 0. The summed E-state index contributed by atoms with van der Waals surface area (Å²) in [5.74, 6) is -1.06. The van der Waals surface area contributed by atoms with Gasteiger partial charge in [0.1, 0.15) is 5.60 Å². The molecule has 2 fully saturated rings. The standard InChI is InChI=1S/C25H36F3N3O3/c1-24(2,3)34-23(33)19-9-6-10-20(22(19)25(26,27)28)29-16-21(32)30-15-17-11-13-31(14-12-17)18-7-4-5-8-18/h6,9-10,17-18,29H,4-5,7-8,11-16H2,1-3H3,(H,30,32). The first kappa shape index (κ1) is 26.3. The zero-order valence-corrected chi connectivity index (χ0v) is 20.3. The summed E-state index contributed by atoms with van der Waals surface area (Å²) in [5, 5.41) is 5.40. The fourth-order valence-electron chi connectivity index (χ4n) is 4.80. The van der Waals surface area contributed by atoms with Gasteiger partial charge in [0.2, 0.25) is 5.91 Å². The average molecular weight is 484 g/mol. The van der Waals surface area contributed by atoms with Crippen LogP contribution in [0.25, 0.3) is 0 Å². The van der Waals surface area contributed by atoms with Gasteiger partial charge in [-0.3, -0.25) is 4.79 Å². The predicted molar refractivity (Wildman–Crippen MR) is 125 cm³/mol. The fraction of sp³-hybridized carbons (Fsp3) is 0.680. The number of anilines is 1. The van der Waals surface area contributed by atoms with E-state index in [0.717, 1.165) is 32.0 Å². The second kappa shape index (κ2) is 11.0. The number of alkyl halides is 3. The van der Waals surface area contributed by atoms with E-state index in [1.54, 1.807) is 20.8 Å². The first-order chi connectivity index (χ1) is 15.9. The number of rotatable bonds is 7. The van der Waals surface area contributed by atoms with Crippen molar-refractivity contribution >= 4 is 17.6 Å². The van der Waals surface area contributed by atoms with Crippen molar-refractivity contribution in [2.45, 2.75) is 77.1 Å². The maximum absolute atomic E-state index is 13.8. The summed E-state index contributed by atoms with van der Waals surface area (Å²) in [7, 11) is 0. The van der Waals surface area contributed by atoms with Crippen molar-refractivity contribution in [1.29, 1.82) is 0 Å². The van der Waals surface area contributed by atoms with Crippen molar-refractivity contribution in [1.82, 2.24) is 10.2 Å². The Morgan fingerprint density at radius 3 is 2.29 bits per heavy atom. The summed E-state index contributed by atoms with van der Waals surface area (Å²) in [6.45, 7) is 7.03. The minimum absolute atomic E-state index is 0.318. The molecule has 0 spiro atoms. The molecular formula is C25H36F3N3O3. The number of nitrogens with zero attached hydrogens (tertiary/aromatic N) is 1. The molecule has 2 N–H and O–H groups in total. The summed E-state index contributed by atoms with van der Waals surface area (Å²) in [4.78, 5) is 27.3. The quantitative estimate of drug-likeness (QED) is 0.543. The Hall–Kier alpha value is -2.29. The summed E-state index contributed by atoms with van der Waals surface area (Å²) < 4.78 is 46.6. The van der Waals surface area contributed by atoms with E-state index in [9.17, 15) is 22.8 Å². The van der Waals surface area contributed by atoms with Crippen LogP contribution < -0.4 is 10.6 Å². The number of esters is 1. The average Bonchev–Trinajstić information content (AvgIpc) is 3.29. The Bertz CT molecular complexity index is 853. The van der Waals surface area contributed by atoms with Crippen LogP contribution in [0.4, 0.5) is 18.9 Å². The number of hydrogen-bond donors (Lipinski definition) is 2. The van der Waals surface area contributed by atoms with Crippen LogP contribution in [-0.4, -0.2) is 54.6 Å². The lowest BCUT2D eigenvalue weighted by molar-refractivity contribution is -0.137. The molecule has 6 nitrogen and oxygen atoms in total. The van der Waals surface area contributed by atoms with Gasteiger partial charge in [0, 0.05) is 18.3 Å². The number of ether oxygens (including phenoxy) is 1. The van der Waals surface area contributed by atoms with Gasteiger partial charge in [-0.05, 0) is 77.6 Å². The molecule has 1 aromatic carbocycles. The van der Waals surface area contributed by atoms with Gasteiger partial charge in [-0.25, -0.2) is 4.79 Å². The highest BCUT2D eigenvalue weighted by molar-refractivity contribution is 5.94. The second-order valence-electron chi connectivity index (χ2n) is 10.3. The van der Waals surface area contributed by atoms with Crippen LogP contribution in [0.15, 0.2) is 18.2 Å². The Morgan fingerprint density at radius 2 is 1.71 bits per heavy atom. The number of carbonyl (C=O) groups is 2. The van der Waals surface area contributed by atoms with E-state index < -0.39 is 28.9 Å². The van der Waals surface area contributed by atoms with Gasteiger partial charge >= 0.3 is 12.1 Å². The molecule has 9 heteroatoms. The van der Waals surface area contributed by atoms with Crippen LogP contribution in [-0.2, 0) is 15.7 Å². The van der Waals surface area contributed by atoms with Crippen molar-refractivity contribution in [3.63, 3.8) is 0 Å². The number of nitrogens with one attached hydrogen (secondary N) is 2. The molecule has 3 rings (SSSR count). The van der Waals surface area contributed by atoms with E-state index >= 15 is 0 Å². The van der Waals surface area contributed by atoms with Gasteiger partial charge in [-0.2, -0.15) is 13.2 Å². The molecule has 34 heavy (non-hydrogen) atoms. The lowest BCUT2D eigenvalue weighted by Gasteiger charge is -2.36. The molecule has 1 saturated heterocycles. The minimum Gasteiger partial charge on any atom is -0.456 e. The number of piperidine rings is 1. The van der Waals surface area contributed by atoms with Gasteiger partial charge in [0.15, 0.2) is 0 Å². The largest absolute Gasteiger partial charge is 0.456 e. The van der Waals surface area contributed by atoms with Crippen LogP contribution in [0, 0.1) is 5.92 Å². The number of carbonyl (C=O) groups excluding carboxylic acids is 2. The van der Waals surface area contributed by atoms with E-state index in [-0.39, 0.29) is 18.1 Å². The highest BCUT2D eigenvalue weighted by Crippen LogP contribution is 2.38. The lowest BCUT2D eigenvalue weighted by Crippen LogP contribution is -2.43. The van der Waals surface area contributed by atoms with E-state index in [4.69, 9.17) is 4.74 Å². The van der Waals surface area contributed by atoms with Crippen LogP contribution >= 0.6 is 0 Å². The van der Waals surface area contributed by atoms with Crippen molar-refractivity contribution in [3.8, 4) is 0 Å². The van der Waals surface area contributed by atoms with E-state index in [2.05, 4.69) is 15.5 Å². The molecule has 0 atom stereocenters. The molecule has 1 saturated carbocycles. The molecular weight excluding hydrogens is 447 g/mol. The summed E-state index contributed by atoms with van der Waals surface area (Å²) in [6, 6.07) is 4.34. The van der Waals surface area contributed by atoms with Gasteiger partial charge in [0.25, 0.3) is 0 Å². The van der Waals surface area contributed by atoms with Crippen LogP contribution in [0.2, 0.25) is 0 Å². The van der Waals surface area contributed by atoms with Gasteiger partial charge in [0.05, 0.1) is 17.7 Å². The molecule has 1 aliphatic carbocycles. The molecule has 1 heterocycles. The van der Waals surface area contributed by atoms with E-state index in [1.165, 1.54) is 37.8 Å². The molecule has 190 valence electrons. The normalized spacial score (nSPS) is 18.6. The molecule has 2 aliphatic rings. The molecule has 0 radical (unpaired) electrons. The lowest BCUT2D eigenvalue weighted by atomic mass is 9.95. The van der Waals surface area contributed by atoms with Crippen molar-refractivity contribution in [2.75, 3.05) is 31.5 Å². The topological polar surface area (TPSA) is 70.7 Å². The van der Waals surface area contributed by atoms with E-state index in [0.29, 0.717) is 18.5 Å². The number of likely N-dealkylation sites (tertiary alicyclic amines) is 1. The highest BCUT2D eigenvalue weighted by atomic mass is 19.4. The third-order valence-corrected chi connectivity index (χ3v) is 6.48. The van der Waals surface area contributed by atoms with Gasteiger partial charge in [-0.15, -0.1) is 0 Å². The maximum atomic E-state index is 13.8. The van der Waals surface area contributed by atoms with Gasteiger partial charge in [-0.1, -0.05) is 18.9 Å². The number of halogens is 3. The first-order valence-corrected chi connectivity index (χ1v) is 12.1. The molecule has 1 aliphatic heterocycles. The third-order valence-electron chi connectivity index (χ3n) is 6.48. The minimum atomic E-state index is -4.79. The molecule has 0 aromatic heterocycles. The Balaban J connectivity index is 1.53. The van der Waals surface area contributed by atoms with Crippen LogP contribution in [0.5, 0.6) is 0 Å². The molecule has 0 unspecified atom stereocenters. The first-order valence-electron chi connectivity index (χ1n) is 12.1. The Morgan fingerprint density at radius 1 is 1.06 bits per heavy atom. The molecule has 0 bridgehead atoms. The van der Waals surface area contributed by atoms with Crippen molar-refractivity contribution in [3.05, 3.63) is 29.3 Å².